The second-order valence-electron chi connectivity index (χ2n) is 2.86. The molecule has 0 bridgehead atoms. The van der Waals surface area contributed by atoms with Crippen molar-refractivity contribution in [3.63, 3.8) is 0 Å². The van der Waals surface area contributed by atoms with E-state index in [2.05, 4.69) is 15.0 Å². The number of hydrogen-bond acceptors (Lipinski definition) is 6. The van der Waals surface area contributed by atoms with Crippen LogP contribution in [0.5, 0.6) is 0 Å². The minimum Gasteiger partial charge on any atom is -0.370 e. The van der Waals surface area contributed by atoms with E-state index in [-0.39, 0.29) is 12.7 Å². The molecule has 2 N–H and O–H groups in total. The molecule has 1 unspecified atom stereocenters. The molecule has 72 valence electrons. The Hall–Kier alpha value is -0.980. The molecule has 1 atom stereocenters. The molecule has 6 heteroatoms. The van der Waals surface area contributed by atoms with Gasteiger partial charge in [-0.05, 0) is 12.8 Å². The van der Waals surface area contributed by atoms with Gasteiger partial charge in [-0.1, -0.05) is 5.16 Å². The molecule has 1 aromatic heterocycles. The summed E-state index contributed by atoms with van der Waals surface area (Å²) in [6, 6.07) is 0. The first-order valence-electron chi connectivity index (χ1n) is 4.16. The Morgan fingerprint density at radius 1 is 1.62 bits per heavy atom. The highest BCUT2D eigenvalue weighted by Crippen LogP contribution is 2.25. The van der Waals surface area contributed by atoms with Crippen molar-refractivity contribution in [2.24, 2.45) is 5.90 Å². The van der Waals surface area contributed by atoms with E-state index in [1.807, 2.05) is 0 Å². The molecule has 1 saturated heterocycles. The summed E-state index contributed by atoms with van der Waals surface area (Å²) in [5, 5.41) is 3.77. The summed E-state index contributed by atoms with van der Waals surface area (Å²) in [5.74, 6) is 5.83. The molecular weight excluding hydrogens is 174 g/mol. The van der Waals surface area contributed by atoms with Crippen LogP contribution in [0.3, 0.4) is 0 Å². The molecule has 13 heavy (non-hydrogen) atoms. The zero-order valence-electron chi connectivity index (χ0n) is 7.10. The maximum atomic E-state index is 5.37. The highest BCUT2D eigenvalue weighted by atomic mass is 16.6. The fourth-order valence-electron chi connectivity index (χ4n) is 1.31. The summed E-state index contributed by atoms with van der Waals surface area (Å²) >= 11 is 0. The van der Waals surface area contributed by atoms with Crippen LogP contribution in [-0.4, -0.2) is 16.7 Å². The Labute approximate surface area is 75.0 Å². The molecule has 0 spiro atoms. The van der Waals surface area contributed by atoms with Gasteiger partial charge < -0.3 is 9.26 Å². The summed E-state index contributed by atoms with van der Waals surface area (Å²) in [6.45, 7) is 0.904. The third-order valence-electron chi connectivity index (χ3n) is 1.91. The van der Waals surface area contributed by atoms with Crippen LogP contribution in [0, 0.1) is 0 Å². The average Bonchev–Trinajstić information content (AvgIpc) is 2.70. The van der Waals surface area contributed by atoms with Crippen LogP contribution < -0.4 is 5.90 Å². The first kappa shape index (κ1) is 8.61. The monoisotopic (exact) mass is 185 g/mol. The van der Waals surface area contributed by atoms with E-state index in [0.717, 1.165) is 19.4 Å². The molecule has 0 aromatic carbocycles. The van der Waals surface area contributed by atoms with Crippen molar-refractivity contribution in [1.82, 2.24) is 10.1 Å². The minimum atomic E-state index is -0.0183. The van der Waals surface area contributed by atoms with E-state index in [4.69, 9.17) is 15.2 Å². The van der Waals surface area contributed by atoms with Gasteiger partial charge in [0.05, 0.1) is 0 Å². The number of nitrogens with zero attached hydrogens (tertiary/aromatic N) is 2. The average molecular weight is 185 g/mol. The molecule has 1 aliphatic rings. The normalized spacial score (nSPS) is 22.4. The van der Waals surface area contributed by atoms with Gasteiger partial charge in [-0.25, -0.2) is 5.90 Å². The fraction of sp³-hybridized carbons (Fsp3) is 0.714. The van der Waals surface area contributed by atoms with Gasteiger partial charge in [-0.15, -0.1) is 0 Å². The van der Waals surface area contributed by atoms with Crippen molar-refractivity contribution in [3.8, 4) is 0 Å². The highest BCUT2D eigenvalue weighted by Gasteiger charge is 2.22. The molecule has 0 radical (unpaired) electrons. The molecule has 1 aromatic rings. The number of aromatic nitrogens is 2. The molecule has 1 aliphatic heterocycles. The molecule has 6 nitrogen and oxygen atoms in total. The van der Waals surface area contributed by atoms with Gasteiger partial charge in [0, 0.05) is 6.61 Å². The van der Waals surface area contributed by atoms with Crippen molar-refractivity contribution in [3.05, 3.63) is 11.7 Å². The maximum Gasteiger partial charge on any atom is 0.254 e. The Morgan fingerprint density at radius 2 is 2.54 bits per heavy atom. The largest absolute Gasteiger partial charge is 0.370 e. The first-order chi connectivity index (χ1) is 6.40. The topological polar surface area (TPSA) is 83.4 Å². The van der Waals surface area contributed by atoms with Crippen LogP contribution in [0.4, 0.5) is 0 Å². The van der Waals surface area contributed by atoms with E-state index in [9.17, 15) is 0 Å². The van der Waals surface area contributed by atoms with Gasteiger partial charge in [0.1, 0.15) is 12.7 Å². The molecule has 0 amide bonds. The van der Waals surface area contributed by atoms with Gasteiger partial charge in [0.15, 0.2) is 0 Å². The highest BCUT2D eigenvalue weighted by molar-refractivity contribution is 4.92. The molecule has 0 saturated carbocycles. The maximum absolute atomic E-state index is 5.37. The standard InChI is InChI=1S/C7H11N3O3/c8-12-4-6-9-7(10-13-6)5-2-1-3-11-5/h5H,1-4,8H2. The van der Waals surface area contributed by atoms with E-state index in [1.165, 1.54) is 0 Å². The third-order valence-corrected chi connectivity index (χ3v) is 1.91. The smallest absolute Gasteiger partial charge is 0.254 e. The Kier molecular flexibility index (Phi) is 2.53. The Bertz CT molecular complexity index is 270. The van der Waals surface area contributed by atoms with Gasteiger partial charge in [0.25, 0.3) is 5.89 Å². The number of ether oxygens (including phenoxy) is 1. The van der Waals surface area contributed by atoms with Crippen molar-refractivity contribution in [2.75, 3.05) is 6.61 Å². The van der Waals surface area contributed by atoms with Crippen molar-refractivity contribution in [2.45, 2.75) is 25.6 Å². The van der Waals surface area contributed by atoms with E-state index in [0.29, 0.717) is 11.7 Å². The second kappa shape index (κ2) is 3.82. The van der Waals surface area contributed by atoms with Crippen LogP contribution >= 0.6 is 0 Å². The lowest BCUT2D eigenvalue weighted by atomic mass is 10.2. The Balaban J connectivity index is 2.03. The fourth-order valence-corrected chi connectivity index (χ4v) is 1.31. The third kappa shape index (κ3) is 1.85. The SMILES string of the molecule is NOCc1nc(C2CCCO2)no1. The number of hydrogen-bond donors (Lipinski definition) is 1. The van der Waals surface area contributed by atoms with Crippen LogP contribution in [-0.2, 0) is 16.2 Å². The predicted octanol–water partition coefficient (Wildman–Crippen LogP) is 0.311. The summed E-state index contributed by atoms with van der Waals surface area (Å²) in [5.41, 5.74) is 0. The van der Waals surface area contributed by atoms with Crippen LogP contribution in [0.1, 0.15) is 30.7 Å². The van der Waals surface area contributed by atoms with Crippen LogP contribution in [0.25, 0.3) is 0 Å². The molecule has 2 rings (SSSR count). The van der Waals surface area contributed by atoms with Gasteiger partial charge in [-0.2, -0.15) is 4.98 Å². The lowest BCUT2D eigenvalue weighted by Crippen LogP contribution is -2.01. The van der Waals surface area contributed by atoms with Gasteiger partial charge >= 0.3 is 0 Å². The predicted molar refractivity (Wildman–Crippen MR) is 41.2 cm³/mol. The van der Waals surface area contributed by atoms with Crippen molar-refractivity contribution < 1.29 is 14.1 Å². The van der Waals surface area contributed by atoms with E-state index in [1.54, 1.807) is 0 Å². The summed E-state index contributed by atoms with van der Waals surface area (Å²) in [7, 11) is 0. The zero-order chi connectivity index (χ0) is 9.10. The van der Waals surface area contributed by atoms with E-state index < -0.39 is 0 Å². The molecule has 1 fully saturated rings. The lowest BCUT2D eigenvalue weighted by Gasteiger charge is -2.00. The van der Waals surface area contributed by atoms with Crippen molar-refractivity contribution >= 4 is 0 Å². The summed E-state index contributed by atoms with van der Waals surface area (Å²) < 4.78 is 10.2. The lowest BCUT2D eigenvalue weighted by molar-refractivity contribution is 0.0983. The number of nitrogens with two attached hydrogens (primary N) is 1. The second-order valence-corrected chi connectivity index (χ2v) is 2.86. The summed E-state index contributed by atoms with van der Waals surface area (Å²) in [4.78, 5) is 8.44. The number of rotatable bonds is 3. The quantitative estimate of drug-likeness (QED) is 0.682. The first-order valence-corrected chi connectivity index (χ1v) is 4.16. The van der Waals surface area contributed by atoms with Crippen molar-refractivity contribution in [1.29, 1.82) is 0 Å². The zero-order valence-corrected chi connectivity index (χ0v) is 7.10. The molecule has 2 heterocycles. The van der Waals surface area contributed by atoms with Crippen LogP contribution in [0.2, 0.25) is 0 Å². The van der Waals surface area contributed by atoms with E-state index >= 15 is 0 Å². The Morgan fingerprint density at radius 3 is 3.23 bits per heavy atom. The minimum absolute atomic E-state index is 0.0183. The van der Waals surface area contributed by atoms with Gasteiger partial charge in [0.2, 0.25) is 5.82 Å². The molecular formula is C7H11N3O3. The molecule has 0 aliphatic carbocycles. The van der Waals surface area contributed by atoms with Crippen LogP contribution in [0.15, 0.2) is 4.52 Å². The summed E-state index contributed by atoms with van der Waals surface area (Å²) in [6.07, 6.45) is 1.97. The van der Waals surface area contributed by atoms with Gasteiger partial charge in [-0.3, -0.25) is 4.84 Å².